The molecule has 0 amide bonds. The Balaban J connectivity index is 2.00. The Labute approximate surface area is 109 Å². The number of ether oxygens (including phenoxy) is 2. The number of hydrogen-bond acceptors (Lipinski definition) is 3. The molecule has 0 bridgehead atoms. The molecule has 1 aliphatic rings. The zero-order valence-electron chi connectivity index (χ0n) is 11.3. The van der Waals surface area contributed by atoms with Gasteiger partial charge in [-0.1, -0.05) is 25.1 Å². The van der Waals surface area contributed by atoms with Crippen molar-refractivity contribution in [3.63, 3.8) is 0 Å². The van der Waals surface area contributed by atoms with Crippen molar-refractivity contribution in [2.24, 2.45) is 5.92 Å². The number of hydrogen-bond donors (Lipinski definition) is 1. The van der Waals surface area contributed by atoms with Crippen molar-refractivity contribution >= 4 is 0 Å². The minimum absolute atomic E-state index is 0.378. The maximum atomic E-state index is 5.85. The molecule has 0 aliphatic carbocycles. The third kappa shape index (κ3) is 3.24. The molecule has 2 atom stereocenters. The Morgan fingerprint density at radius 1 is 1.44 bits per heavy atom. The maximum Gasteiger partial charge on any atom is 0.122 e. The molecule has 1 aromatic rings. The number of rotatable bonds is 6. The minimum atomic E-state index is 0.378. The third-order valence-corrected chi connectivity index (χ3v) is 3.48. The topological polar surface area (TPSA) is 30.5 Å². The lowest BCUT2D eigenvalue weighted by molar-refractivity contribution is 0.107. The van der Waals surface area contributed by atoms with E-state index in [-0.39, 0.29) is 0 Å². The summed E-state index contributed by atoms with van der Waals surface area (Å²) in [5.41, 5.74) is 1.31. The second kappa shape index (κ2) is 6.76. The van der Waals surface area contributed by atoms with Crippen LogP contribution in [0.5, 0.6) is 5.75 Å². The van der Waals surface area contributed by atoms with E-state index in [9.17, 15) is 0 Å². The van der Waals surface area contributed by atoms with Gasteiger partial charge in [0.05, 0.1) is 13.2 Å². The van der Waals surface area contributed by atoms with Crippen molar-refractivity contribution in [3.05, 3.63) is 29.8 Å². The predicted octanol–water partition coefficient (Wildman–Crippen LogP) is 2.25. The van der Waals surface area contributed by atoms with E-state index in [0.717, 1.165) is 38.3 Å². The minimum Gasteiger partial charge on any atom is -0.493 e. The largest absolute Gasteiger partial charge is 0.493 e. The normalized spacial score (nSPS) is 20.0. The number of benzene rings is 1. The second-order valence-corrected chi connectivity index (χ2v) is 4.90. The first kappa shape index (κ1) is 13.4. The van der Waals surface area contributed by atoms with E-state index in [1.807, 2.05) is 6.07 Å². The van der Waals surface area contributed by atoms with Gasteiger partial charge in [-0.2, -0.15) is 0 Å². The van der Waals surface area contributed by atoms with E-state index >= 15 is 0 Å². The first-order valence-electron chi connectivity index (χ1n) is 6.78. The van der Waals surface area contributed by atoms with Crippen LogP contribution in [0.15, 0.2) is 24.3 Å². The van der Waals surface area contributed by atoms with Gasteiger partial charge >= 0.3 is 0 Å². The molecule has 1 aliphatic heterocycles. The maximum absolute atomic E-state index is 5.85. The predicted molar refractivity (Wildman–Crippen MR) is 73.1 cm³/mol. The lowest BCUT2D eigenvalue weighted by atomic mass is 9.90. The van der Waals surface area contributed by atoms with Crippen LogP contribution in [0.25, 0.3) is 0 Å². The first-order chi connectivity index (χ1) is 8.85. The molecule has 18 heavy (non-hydrogen) atoms. The zero-order valence-corrected chi connectivity index (χ0v) is 11.3. The third-order valence-electron chi connectivity index (χ3n) is 3.48. The fourth-order valence-corrected chi connectivity index (χ4v) is 2.48. The van der Waals surface area contributed by atoms with Crippen LogP contribution in [0.4, 0.5) is 0 Å². The summed E-state index contributed by atoms with van der Waals surface area (Å²) in [4.78, 5) is 0. The Morgan fingerprint density at radius 3 is 3.06 bits per heavy atom. The molecule has 1 heterocycles. The van der Waals surface area contributed by atoms with Gasteiger partial charge in [0.15, 0.2) is 0 Å². The van der Waals surface area contributed by atoms with E-state index < -0.39 is 0 Å². The SMILES string of the molecule is CCCNC(COC)C1COc2ccccc2C1. The molecule has 0 fully saturated rings. The lowest BCUT2D eigenvalue weighted by Crippen LogP contribution is -2.44. The zero-order chi connectivity index (χ0) is 12.8. The fourth-order valence-electron chi connectivity index (χ4n) is 2.48. The molecule has 1 aromatic carbocycles. The van der Waals surface area contributed by atoms with Crippen molar-refractivity contribution < 1.29 is 9.47 Å². The summed E-state index contributed by atoms with van der Waals surface area (Å²) in [7, 11) is 1.76. The van der Waals surface area contributed by atoms with Crippen molar-refractivity contribution in [3.8, 4) is 5.75 Å². The average Bonchev–Trinajstić information content (AvgIpc) is 2.43. The first-order valence-corrected chi connectivity index (χ1v) is 6.78. The van der Waals surface area contributed by atoms with E-state index in [0.29, 0.717) is 12.0 Å². The number of fused-ring (bicyclic) bond motifs is 1. The number of methoxy groups -OCH3 is 1. The van der Waals surface area contributed by atoms with E-state index in [2.05, 4.69) is 30.4 Å². The molecule has 2 unspecified atom stereocenters. The highest BCUT2D eigenvalue weighted by atomic mass is 16.5. The molecule has 0 saturated carbocycles. The highest BCUT2D eigenvalue weighted by Gasteiger charge is 2.26. The van der Waals surface area contributed by atoms with Crippen LogP contribution in [0.3, 0.4) is 0 Å². The monoisotopic (exact) mass is 249 g/mol. The molecule has 0 spiro atoms. The lowest BCUT2D eigenvalue weighted by Gasteiger charge is -2.32. The van der Waals surface area contributed by atoms with Gasteiger partial charge in [0.2, 0.25) is 0 Å². The van der Waals surface area contributed by atoms with Crippen LogP contribution in [0.2, 0.25) is 0 Å². The summed E-state index contributed by atoms with van der Waals surface area (Å²) >= 11 is 0. The van der Waals surface area contributed by atoms with Crippen LogP contribution >= 0.6 is 0 Å². The van der Waals surface area contributed by atoms with Crippen molar-refractivity contribution in [1.29, 1.82) is 0 Å². The average molecular weight is 249 g/mol. The van der Waals surface area contributed by atoms with Gasteiger partial charge in [-0.25, -0.2) is 0 Å². The summed E-state index contributed by atoms with van der Waals surface area (Å²) in [6.07, 6.45) is 2.21. The van der Waals surface area contributed by atoms with Gasteiger partial charge in [0.25, 0.3) is 0 Å². The molecule has 100 valence electrons. The van der Waals surface area contributed by atoms with E-state index in [1.54, 1.807) is 7.11 Å². The van der Waals surface area contributed by atoms with Gasteiger partial charge < -0.3 is 14.8 Å². The summed E-state index contributed by atoms with van der Waals surface area (Å²) < 4.78 is 11.2. The van der Waals surface area contributed by atoms with Crippen LogP contribution in [-0.2, 0) is 11.2 Å². The fraction of sp³-hybridized carbons (Fsp3) is 0.600. The quantitative estimate of drug-likeness (QED) is 0.839. The van der Waals surface area contributed by atoms with Crippen LogP contribution in [0.1, 0.15) is 18.9 Å². The highest BCUT2D eigenvalue weighted by Crippen LogP contribution is 2.28. The standard InChI is InChI=1S/C15H23NO2/c1-3-8-16-14(11-17-2)13-9-12-6-4-5-7-15(12)18-10-13/h4-7,13-14,16H,3,8-11H2,1-2H3. The van der Waals surface area contributed by atoms with Gasteiger partial charge in [-0.3, -0.25) is 0 Å². The van der Waals surface area contributed by atoms with E-state index in [4.69, 9.17) is 9.47 Å². The molecule has 0 radical (unpaired) electrons. The van der Waals surface area contributed by atoms with Gasteiger partial charge in [0.1, 0.15) is 5.75 Å². The van der Waals surface area contributed by atoms with Crippen molar-refractivity contribution in [2.75, 3.05) is 26.9 Å². The summed E-state index contributed by atoms with van der Waals surface area (Å²) in [6, 6.07) is 8.70. The molecule has 3 heteroatoms. The molecule has 0 aromatic heterocycles. The molecular formula is C15H23NO2. The van der Waals surface area contributed by atoms with Gasteiger partial charge in [0, 0.05) is 19.1 Å². The van der Waals surface area contributed by atoms with Crippen LogP contribution in [0, 0.1) is 5.92 Å². The van der Waals surface area contributed by atoms with E-state index in [1.165, 1.54) is 5.56 Å². The molecule has 2 rings (SSSR count). The number of nitrogens with one attached hydrogen (secondary N) is 1. The molecule has 0 saturated heterocycles. The van der Waals surface area contributed by atoms with Gasteiger partial charge in [-0.15, -0.1) is 0 Å². The second-order valence-electron chi connectivity index (χ2n) is 4.90. The Hall–Kier alpha value is -1.06. The molecule has 1 N–H and O–H groups in total. The molecular weight excluding hydrogens is 226 g/mol. The van der Waals surface area contributed by atoms with Crippen molar-refractivity contribution in [2.45, 2.75) is 25.8 Å². The number of para-hydroxylation sites is 1. The summed E-state index contributed by atoms with van der Waals surface area (Å²) in [6.45, 7) is 4.74. The summed E-state index contributed by atoms with van der Waals surface area (Å²) in [5.74, 6) is 1.53. The molecule has 3 nitrogen and oxygen atoms in total. The van der Waals surface area contributed by atoms with Gasteiger partial charge in [-0.05, 0) is 31.0 Å². The summed E-state index contributed by atoms with van der Waals surface area (Å²) in [5, 5.41) is 3.57. The Kier molecular flexibility index (Phi) is 5.02. The Bertz CT molecular complexity index is 367. The smallest absolute Gasteiger partial charge is 0.122 e. The van der Waals surface area contributed by atoms with Crippen LogP contribution < -0.4 is 10.1 Å². The van der Waals surface area contributed by atoms with Crippen molar-refractivity contribution in [1.82, 2.24) is 5.32 Å². The highest BCUT2D eigenvalue weighted by molar-refractivity contribution is 5.35. The van der Waals surface area contributed by atoms with Crippen LogP contribution in [-0.4, -0.2) is 32.9 Å². The Morgan fingerprint density at radius 2 is 2.28 bits per heavy atom.